The largest absolute Gasteiger partial charge is 0.363 e. The molecule has 1 N–H and O–H groups in total. The van der Waals surface area contributed by atoms with E-state index in [0.717, 1.165) is 39.2 Å². The second kappa shape index (κ2) is 6.49. The minimum Gasteiger partial charge on any atom is -0.363 e. The Morgan fingerprint density at radius 2 is 1.81 bits per heavy atom. The molecule has 0 fully saturated rings. The summed E-state index contributed by atoms with van der Waals surface area (Å²) in [6.45, 7) is 0.640. The molecule has 0 spiro atoms. The minimum absolute atomic E-state index is 0.640. The monoisotopic (exact) mass is 352 g/mol. The molecule has 5 aromatic rings. The standard InChI is InChI=1S/C21H16N6/c1-5-17(16-6-3-9-23-18(16)7-1)19-14-26-20(21-24-10-11-27(19)21)25-13-15-4-2-8-22-12-15/h1-12,14H,13H2,(H,25,26). The van der Waals surface area contributed by atoms with E-state index in [-0.39, 0.29) is 0 Å². The molecule has 0 saturated carbocycles. The van der Waals surface area contributed by atoms with Gasteiger partial charge in [0.15, 0.2) is 11.5 Å². The van der Waals surface area contributed by atoms with Gasteiger partial charge in [0.2, 0.25) is 0 Å². The van der Waals surface area contributed by atoms with Crippen molar-refractivity contribution in [3.63, 3.8) is 0 Å². The third-order valence-corrected chi connectivity index (χ3v) is 4.53. The van der Waals surface area contributed by atoms with Crippen molar-refractivity contribution in [2.75, 3.05) is 5.32 Å². The topological polar surface area (TPSA) is 68.0 Å². The summed E-state index contributed by atoms with van der Waals surface area (Å²) in [5.41, 5.74) is 4.90. The van der Waals surface area contributed by atoms with Crippen molar-refractivity contribution >= 4 is 22.4 Å². The van der Waals surface area contributed by atoms with E-state index in [9.17, 15) is 0 Å². The average molecular weight is 352 g/mol. The second-order valence-electron chi connectivity index (χ2n) is 6.20. The summed E-state index contributed by atoms with van der Waals surface area (Å²) in [6.07, 6.45) is 11.0. The molecule has 27 heavy (non-hydrogen) atoms. The SMILES string of the molecule is c1cncc(CNc2ncc(-c3cccc4ncccc34)n3ccnc23)c1. The molecule has 0 saturated heterocycles. The summed E-state index contributed by atoms with van der Waals surface area (Å²) in [5, 5.41) is 4.45. The van der Waals surface area contributed by atoms with E-state index < -0.39 is 0 Å². The van der Waals surface area contributed by atoms with Crippen LogP contribution in [0.5, 0.6) is 0 Å². The molecule has 4 heterocycles. The van der Waals surface area contributed by atoms with E-state index in [0.29, 0.717) is 6.54 Å². The first-order chi connectivity index (χ1) is 13.4. The van der Waals surface area contributed by atoms with Gasteiger partial charge in [-0.3, -0.25) is 14.4 Å². The van der Waals surface area contributed by atoms with E-state index in [1.165, 1.54) is 0 Å². The zero-order chi connectivity index (χ0) is 18.1. The fourth-order valence-corrected chi connectivity index (χ4v) is 3.26. The molecule has 1 aromatic carbocycles. The predicted octanol–water partition coefficient (Wildman–Crippen LogP) is 3.95. The van der Waals surface area contributed by atoms with Gasteiger partial charge in [0.1, 0.15) is 0 Å². The second-order valence-corrected chi connectivity index (χ2v) is 6.20. The van der Waals surface area contributed by atoms with Crippen LogP contribution in [0.2, 0.25) is 0 Å². The van der Waals surface area contributed by atoms with Gasteiger partial charge < -0.3 is 5.32 Å². The molecule has 5 rings (SSSR count). The maximum absolute atomic E-state index is 4.64. The first-order valence-electron chi connectivity index (χ1n) is 8.69. The number of nitrogens with one attached hydrogen (secondary N) is 1. The number of nitrogens with zero attached hydrogens (tertiary/aromatic N) is 5. The molecule has 0 unspecified atom stereocenters. The summed E-state index contributed by atoms with van der Waals surface area (Å²) in [4.78, 5) is 17.7. The van der Waals surface area contributed by atoms with Crippen LogP contribution in [-0.2, 0) is 6.54 Å². The molecule has 0 aliphatic carbocycles. The molecular formula is C21H16N6. The average Bonchev–Trinajstić information content (AvgIpc) is 3.23. The van der Waals surface area contributed by atoms with Crippen LogP contribution in [0.25, 0.3) is 27.8 Å². The molecule has 0 aliphatic heterocycles. The number of hydrogen-bond donors (Lipinski definition) is 1. The fraction of sp³-hybridized carbons (Fsp3) is 0.0476. The van der Waals surface area contributed by atoms with Crippen molar-refractivity contribution in [2.45, 2.75) is 6.54 Å². The normalized spacial score (nSPS) is 11.1. The summed E-state index contributed by atoms with van der Waals surface area (Å²) < 4.78 is 2.06. The molecular weight excluding hydrogens is 336 g/mol. The number of fused-ring (bicyclic) bond motifs is 2. The van der Waals surface area contributed by atoms with Crippen molar-refractivity contribution in [2.24, 2.45) is 0 Å². The lowest BCUT2D eigenvalue weighted by Gasteiger charge is -2.12. The number of benzene rings is 1. The van der Waals surface area contributed by atoms with Crippen molar-refractivity contribution < 1.29 is 0 Å². The van der Waals surface area contributed by atoms with E-state index in [4.69, 9.17) is 0 Å². The van der Waals surface area contributed by atoms with Crippen molar-refractivity contribution in [1.82, 2.24) is 24.3 Å². The third kappa shape index (κ3) is 2.77. The highest BCUT2D eigenvalue weighted by atomic mass is 15.1. The van der Waals surface area contributed by atoms with Crippen LogP contribution in [0.15, 0.2) is 79.6 Å². The highest BCUT2D eigenvalue weighted by Crippen LogP contribution is 2.29. The van der Waals surface area contributed by atoms with Gasteiger partial charge in [0.25, 0.3) is 0 Å². The molecule has 0 aliphatic rings. The predicted molar refractivity (Wildman–Crippen MR) is 105 cm³/mol. The molecule has 130 valence electrons. The summed E-state index contributed by atoms with van der Waals surface area (Å²) >= 11 is 0. The first kappa shape index (κ1) is 15.5. The number of anilines is 1. The van der Waals surface area contributed by atoms with Gasteiger partial charge >= 0.3 is 0 Å². The summed E-state index contributed by atoms with van der Waals surface area (Å²) in [6, 6.07) is 14.1. The minimum atomic E-state index is 0.640. The van der Waals surface area contributed by atoms with Gasteiger partial charge in [0.05, 0.1) is 17.4 Å². The Morgan fingerprint density at radius 1 is 0.852 bits per heavy atom. The number of rotatable bonds is 4. The lowest BCUT2D eigenvalue weighted by atomic mass is 10.1. The molecule has 4 aromatic heterocycles. The Labute approximate surface area is 155 Å². The van der Waals surface area contributed by atoms with Crippen LogP contribution in [0, 0.1) is 0 Å². The molecule has 6 nitrogen and oxygen atoms in total. The quantitative estimate of drug-likeness (QED) is 0.530. The van der Waals surface area contributed by atoms with Gasteiger partial charge in [-0.05, 0) is 23.8 Å². The molecule has 0 bridgehead atoms. The number of pyridine rings is 2. The van der Waals surface area contributed by atoms with Crippen LogP contribution >= 0.6 is 0 Å². The Kier molecular flexibility index (Phi) is 3.72. The number of imidazole rings is 1. The van der Waals surface area contributed by atoms with Crippen LogP contribution in [0.3, 0.4) is 0 Å². The van der Waals surface area contributed by atoms with E-state index >= 15 is 0 Å². The van der Waals surface area contributed by atoms with Gasteiger partial charge in [-0.15, -0.1) is 0 Å². The maximum Gasteiger partial charge on any atom is 0.180 e. The number of aromatic nitrogens is 5. The Morgan fingerprint density at radius 3 is 2.74 bits per heavy atom. The zero-order valence-electron chi connectivity index (χ0n) is 14.4. The molecule has 0 amide bonds. The fourth-order valence-electron chi connectivity index (χ4n) is 3.26. The van der Waals surface area contributed by atoms with Crippen LogP contribution in [0.4, 0.5) is 5.82 Å². The third-order valence-electron chi connectivity index (χ3n) is 4.53. The Hall–Kier alpha value is -3.80. The molecule has 0 atom stereocenters. The van der Waals surface area contributed by atoms with Crippen LogP contribution < -0.4 is 5.32 Å². The van der Waals surface area contributed by atoms with Crippen molar-refractivity contribution in [3.05, 3.63) is 85.2 Å². The summed E-state index contributed by atoms with van der Waals surface area (Å²) in [5.74, 6) is 0.742. The molecule has 0 radical (unpaired) electrons. The maximum atomic E-state index is 4.64. The van der Waals surface area contributed by atoms with E-state index in [2.05, 4.69) is 41.8 Å². The number of hydrogen-bond acceptors (Lipinski definition) is 5. The van der Waals surface area contributed by atoms with Crippen molar-refractivity contribution in [3.8, 4) is 11.3 Å². The highest BCUT2D eigenvalue weighted by Gasteiger charge is 2.12. The van der Waals surface area contributed by atoms with E-state index in [1.807, 2.05) is 55.1 Å². The van der Waals surface area contributed by atoms with Gasteiger partial charge in [-0.1, -0.05) is 24.3 Å². The van der Waals surface area contributed by atoms with E-state index in [1.54, 1.807) is 12.4 Å². The zero-order valence-corrected chi connectivity index (χ0v) is 14.4. The highest BCUT2D eigenvalue weighted by molar-refractivity contribution is 5.94. The van der Waals surface area contributed by atoms with Crippen LogP contribution in [0.1, 0.15) is 5.56 Å². The summed E-state index contributed by atoms with van der Waals surface area (Å²) in [7, 11) is 0. The van der Waals surface area contributed by atoms with Crippen LogP contribution in [-0.4, -0.2) is 24.3 Å². The van der Waals surface area contributed by atoms with Gasteiger partial charge in [-0.2, -0.15) is 0 Å². The van der Waals surface area contributed by atoms with Gasteiger partial charge in [0, 0.05) is 48.5 Å². The smallest absolute Gasteiger partial charge is 0.180 e. The van der Waals surface area contributed by atoms with Gasteiger partial charge in [-0.25, -0.2) is 9.97 Å². The Balaban J connectivity index is 1.58. The Bertz CT molecular complexity index is 1220. The lowest BCUT2D eigenvalue weighted by molar-refractivity contribution is 1.06. The lowest BCUT2D eigenvalue weighted by Crippen LogP contribution is -2.05. The molecule has 6 heteroatoms. The van der Waals surface area contributed by atoms with Crippen molar-refractivity contribution in [1.29, 1.82) is 0 Å². The first-order valence-corrected chi connectivity index (χ1v) is 8.69.